The number of fused-ring (bicyclic) bond motifs is 2. The van der Waals surface area contributed by atoms with Crippen molar-refractivity contribution < 1.29 is 4.39 Å². The van der Waals surface area contributed by atoms with Gasteiger partial charge in [-0.15, -0.1) is 11.3 Å². The number of benzene rings is 1. The Morgan fingerprint density at radius 2 is 1.83 bits per heavy atom. The molecule has 2 aromatic heterocycles. The molecule has 6 nitrogen and oxygen atoms in total. The third-order valence-corrected chi connectivity index (χ3v) is 6.92. The van der Waals surface area contributed by atoms with Crippen molar-refractivity contribution in [3.63, 3.8) is 0 Å². The minimum atomic E-state index is -0.555. The van der Waals surface area contributed by atoms with Gasteiger partial charge in [-0.2, -0.15) is 5.10 Å². The maximum absolute atomic E-state index is 13.2. The van der Waals surface area contributed by atoms with E-state index in [1.807, 2.05) is 29.6 Å². The van der Waals surface area contributed by atoms with Crippen LogP contribution in [0.1, 0.15) is 29.1 Å². The van der Waals surface area contributed by atoms with Crippen molar-refractivity contribution in [2.45, 2.75) is 37.9 Å². The van der Waals surface area contributed by atoms with Gasteiger partial charge < -0.3 is 0 Å². The molecule has 0 unspecified atom stereocenters. The van der Waals surface area contributed by atoms with Gasteiger partial charge in [0.1, 0.15) is 11.6 Å². The third-order valence-electron chi connectivity index (χ3n) is 6.06. The fourth-order valence-electron chi connectivity index (χ4n) is 4.56. The Labute approximate surface area is 170 Å². The molecule has 1 spiro atoms. The second-order valence-electron chi connectivity index (χ2n) is 7.94. The Balaban J connectivity index is 1.44. The van der Waals surface area contributed by atoms with Gasteiger partial charge in [-0.05, 0) is 48.5 Å². The number of aromatic nitrogens is 3. The molecule has 2 aliphatic heterocycles. The SMILES string of the molecule is O=c1c(=O)n2c(nn1Cc1cccs1)[C@]1(CCN(Cc3ccc(F)cc3)C1)CC2. The number of hydrogen-bond acceptors (Lipinski definition) is 5. The summed E-state index contributed by atoms with van der Waals surface area (Å²) in [5.41, 5.74) is -0.167. The van der Waals surface area contributed by atoms with Gasteiger partial charge in [0, 0.05) is 29.9 Å². The second kappa shape index (κ2) is 7.03. The molecule has 0 radical (unpaired) electrons. The first-order chi connectivity index (χ1) is 14.0. The van der Waals surface area contributed by atoms with Gasteiger partial charge in [-0.3, -0.25) is 19.1 Å². The second-order valence-corrected chi connectivity index (χ2v) is 8.97. The third kappa shape index (κ3) is 3.26. The molecule has 8 heteroatoms. The fraction of sp³-hybridized carbons (Fsp3) is 0.381. The van der Waals surface area contributed by atoms with Gasteiger partial charge in [0.2, 0.25) is 0 Å². The van der Waals surface area contributed by atoms with Crippen LogP contribution in [0.15, 0.2) is 51.4 Å². The summed E-state index contributed by atoms with van der Waals surface area (Å²) in [5.74, 6) is 0.504. The van der Waals surface area contributed by atoms with E-state index in [1.165, 1.54) is 16.8 Å². The minimum Gasteiger partial charge on any atom is -0.298 e. The first kappa shape index (κ1) is 18.4. The largest absolute Gasteiger partial charge is 0.332 e. The van der Waals surface area contributed by atoms with Crippen molar-refractivity contribution in [2.24, 2.45) is 0 Å². The molecule has 3 aromatic rings. The molecule has 0 saturated carbocycles. The van der Waals surface area contributed by atoms with Crippen LogP contribution in [-0.2, 0) is 25.0 Å². The molecule has 2 aliphatic rings. The lowest BCUT2D eigenvalue weighted by Crippen LogP contribution is -2.45. The number of likely N-dealkylation sites (tertiary alicyclic amines) is 1. The minimum absolute atomic E-state index is 0.204. The van der Waals surface area contributed by atoms with E-state index in [2.05, 4.69) is 10.00 Å². The van der Waals surface area contributed by atoms with E-state index in [-0.39, 0.29) is 11.2 Å². The van der Waals surface area contributed by atoms with Crippen LogP contribution >= 0.6 is 11.3 Å². The van der Waals surface area contributed by atoms with Crippen LogP contribution in [0.25, 0.3) is 0 Å². The maximum atomic E-state index is 13.2. The number of halogens is 1. The summed E-state index contributed by atoms with van der Waals surface area (Å²) in [6, 6.07) is 10.5. The summed E-state index contributed by atoms with van der Waals surface area (Å²) in [5, 5.41) is 6.63. The fourth-order valence-corrected chi connectivity index (χ4v) is 5.24. The summed E-state index contributed by atoms with van der Waals surface area (Å²) < 4.78 is 16.1. The average molecular weight is 412 g/mol. The van der Waals surface area contributed by atoms with E-state index in [0.717, 1.165) is 48.7 Å². The molecule has 150 valence electrons. The van der Waals surface area contributed by atoms with Gasteiger partial charge in [0.25, 0.3) is 0 Å². The highest BCUT2D eigenvalue weighted by Crippen LogP contribution is 2.40. The Hall–Kier alpha value is -2.58. The van der Waals surface area contributed by atoms with Crippen molar-refractivity contribution >= 4 is 11.3 Å². The van der Waals surface area contributed by atoms with Gasteiger partial charge in [-0.25, -0.2) is 9.07 Å². The van der Waals surface area contributed by atoms with E-state index in [0.29, 0.717) is 13.1 Å². The average Bonchev–Trinajstić information content (AvgIpc) is 3.44. The lowest BCUT2D eigenvalue weighted by atomic mass is 9.85. The molecule has 0 bridgehead atoms. The number of nitrogens with zero attached hydrogens (tertiary/aromatic N) is 4. The summed E-state index contributed by atoms with van der Waals surface area (Å²) in [7, 11) is 0. The Morgan fingerprint density at radius 3 is 2.59 bits per heavy atom. The predicted molar refractivity (Wildman–Crippen MR) is 109 cm³/mol. The molecule has 4 heterocycles. The van der Waals surface area contributed by atoms with Crippen LogP contribution in [0, 0.1) is 5.82 Å². The topological polar surface area (TPSA) is 60.1 Å². The van der Waals surface area contributed by atoms with Crippen molar-refractivity contribution in [2.75, 3.05) is 13.1 Å². The molecule has 29 heavy (non-hydrogen) atoms. The molecule has 1 fully saturated rings. The zero-order valence-corrected chi connectivity index (χ0v) is 16.7. The van der Waals surface area contributed by atoms with Crippen molar-refractivity contribution in [1.29, 1.82) is 0 Å². The molecular formula is C21H21FN4O2S. The lowest BCUT2D eigenvalue weighted by Gasteiger charge is -2.23. The zero-order chi connectivity index (χ0) is 20.0. The quantitative estimate of drug-likeness (QED) is 0.617. The van der Waals surface area contributed by atoms with Gasteiger partial charge in [0.05, 0.1) is 6.54 Å². The Bertz CT molecular complexity index is 1150. The van der Waals surface area contributed by atoms with E-state index in [4.69, 9.17) is 0 Å². The molecule has 0 amide bonds. The molecule has 1 atom stereocenters. The summed E-state index contributed by atoms with van der Waals surface area (Å²) >= 11 is 1.55. The molecule has 1 aromatic carbocycles. The highest BCUT2D eigenvalue weighted by Gasteiger charge is 2.47. The van der Waals surface area contributed by atoms with Crippen LogP contribution in [-0.4, -0.2) is 32.3 Å². The molecule has 0 aliphatic carbocycles. The Morgan fingerprint density at radius 1 is 1.03 bits per heavy atom. The van der Waals surface area contributed by atoms with Crippen LogP contribution in [0.2, 0.25) is 0 Å². The monoisotopic (exact) mass is 412 g/mol. The van der Waals surface area contributed by atoms with E-state index < -0.39 is 11.1 Å². The van der Waals surface area contributed by atoms with Crippen LogP contribution in [0.3, 0.4) is 0 Å². The van der Waals surface area contributed by atoms with E-state index in [9.17, 15) is 14.0 Å². The number of thiophene rings is 1. The molecule has 5 rings (SSSR count). The normalized spacial score (nSPS) is 21.1. The molecule has 1 saturated heterocycles. The van der Waals surface area contributed by atoms with E-state index in [1.54, 1.807) is 15.9 Å². The number of rotatable bonds is 4. The van der Waals surface area contributed by atoms with Crippen LogP contribution < -0.4 is 11.1 Å². The van der Waals surface area contributed by atoms with Gasteiger partial charge >= 0.3 is 11.1 Å². The molecule has 0 N–H and O–H groups in total. The van der Waals surface area contributed by atoms with Gasteiger partial charge in [-0.1, -0.05) is 18.2 Å². The smallest absolute Gasteiger partial charge is 0.298 e. The van der Waals surface area contributed by atoms with E-state index >= 15 is 0 Å². The van der Waals surface area contributed by atoms with Crippen LogP contribution in [0.4, 0.5) is 4.39 Å². The first-order valence-corrected chi connectivity index (χ1v) is 10.6. The van der Waals surface area contributed by atoms with Gasteiger partial charge in [0.15, 0.2) is 0 Å². The zero-order valence-electron chi connectivity index (χ0n) is 15.9. The number of hydrogen-bond donors (Lipinski definition) is 0. The Kier molecular flexibility index (Phi) is 4.48. The summed E-state index contributed by atoms with van der Waals surface area (Å²) in [4.78, 5) is 28.5. The maximum Gasteiger partial charge on any atom is 0.332 e. The first-order valence-electron chi connectivity index (χ1n) is 9.76. The van der Waals surface area contributed by atoms with Crippen molar-refractivity contribution in [1.82, 2.24) is 19.2 Å². The standard InChI is InChI=1S/C21H21FN4O2S/c22-16-5-3-15(4-6-16)12-24-9-7-21(14-24)8-10-25-18(27)19(28)26(23-20(21)25)13-17-2-1-11-29-17/h1-6,11H,7-10,12-14H2/t21-/m1/s1. The predicted octanol–water partition coefficient (Wildman–Crippen LogP) is 2.20. The summed E-state index contributed by atoms with van der Waals surface area (Å²) in [6.45, 7) is 3.28. The van der Waals surface area contributed by atoms with Crippen molar-refractivity contribution in [3.8, 4) is 0 Å². The van der Waals surface area contributed by atoms with Crippen LogP contribution in [0.5, 0.6) is 0 Å². The van der Waals surface area contributed by atoms with Crippen molar-refractivity contribution in [3.05, 3.63) is 84.6 Å². The summed E-state index contributed by atoms with van der Waals surface area (Å²) in [6.07, 6.45) is 1.72. The highest BCUT2D eigenvalue weighted by atomic mass is 32.1. The highest BCUT2D eigenvalue weighted by molar-refractivity contribution is 7.09. The molecular weight excluding hydrogens is 391 g/mol. The lowest BCUT2D eigenvalue weighted by molar-refractivity contribution is 0.298.